The Labute approximate surface area is 155 Å². The first-order valence-electron chi connectivity index (χ1n) is 8.70. The second-order valence-corrected chi connectivity index (χ2v) is 7.60. The molecule has 1 aliphatic rings. The van der Waals surface area contributed by atoms with Gasteiger partial charge in [0.2, 0.25) is 5.91 Å². The molecule has 2 aromatic rings. The molecule has 0 atom stereocenters. The number of nitrogens with zero attached hydrogens (tertiary/aromatic N) is 2. The second-order valence-electron chi connectivity index (χ2n) is 7.17. The van der Waals surface area contributed by atoms with Crippen LogP contribution >= 0.6 is 11.6 Å². The number of hydrogen-bond acceptors (Lipinski definition) is 2. The van der Waals surface area contributed by atoms with Crippen LogP contribution in [0.1, 0.15) is 30.4 Å². The fourth-order valence-electron chi connectivity index (χ4n) is 3.55. The third-order valence-corrected chi connectivity index (χ3v) is 5.45. The van der Waals surface area contributed by atoms with Crippen LogP contribution in [0, 0.1) is 0 Å². The van der Waals surface area contributed by atoms with E-state index in [0.717, 1.165) is 36.1 Å². The van der Waals surface area contributed by atoms with Crippen molar-refractivity contribution in [1.82, 2.24) is 4.90 Å². The molecular weight excluding hydrogens is 332 g/mol. The van der Waals surface area contributed by atoms with Crippen molar-refractivity contribution in [2.75, 3.05) is 26.0 Å². The lowest BCUT2D eigenvalue weighted by Gasteiger charge is -2.43. The highest BCUT2D eigenvalue weighted by Gasteiger charge is 2.47. The van der Waals surface area contributed by atoms with Crippen LogP contribution in [0.25, 0.3) is 0 Å². The molecule has 0 heterocycles. The molecule has 3 rings (SSSR count). The summed E-state index contributed by atoms with van der Waals surface area (Å²) >= 11 is 6.16. The first-order valence-corrected chi connectivity index (χ1v) is 9.08. The molecule has 4 heteroatoms. The first kappa shape index (κ1) is 17.8. The molecule has 0 saturated heterocycles. The van der Waals surface area contributed by atoms with E-state index in [1.54, 1.807) is 0 Å². The Balaban J connectivity index is 1.76. The van der Waals surface area contributed by atoms with Crippen LogP contribution in [0.2, 0.25) is 5.02 Å². The molecule has 0 aromatic heterocycles. The smallest absolute Gasteiger partial charge is 0.233 e. The van der Waals surface area contributed by atoms with Gasteiger partial charge >= 0.3 is 0 Å². The largest absolute Gasteiger partial charge is 0.378 e. The summed E-state index contributed by atoms with van der Waals surface area (Å²) in [6.45, 7) is 0.620. The number of halogens is 1. The van der Waals surface area contributed by atoms with Crippen LogP contribution in [0.5, 0.6) is 0 Å². The van der Waals surface area contributed by atoms with E-state index in [4.69, 9.17) is 11.6 Å². The van der Waals surface area contributed by atoms with Crippen LogP contribution in [-0.4, -0.2) is 32.0 Å². The number of anilines is 1. The molecule has 0 N–H and O–H groups in total. The predicted octanol–water partition coefficient (Wildman–Crippen LogP) is 4.49. The van der Waals surface area contributed by atoms with Crippen LogP contribution in [-0.2, 0) is 16.8 Å². The minimum atomic E-state index is -0.400. The maximum Gasteiger partial charge on any atom is 0.233 e. The number of hydrogen-bond donors (Lipinski definition) is 0. The SMILES string of the molecule is CN(Cc1ccc(N(C)C)cc1)C(=O)C1(c2cccc(Cl)c2)CCC1. The van der Waals surface area contributed by atoms with Gasteiger partial charge in [0.25, 0.3) is 0 Å². The Morgan fingerprint density at radius 2 is 1.76 bits per heavy atom. The monoisotopic (exact) mass is 356 g/mol. The minimum Gasteiger partial charge on any atom is -0.378 e. The molecule has 2 aromatic carbocycles. The summed E-state index contributed by atoms with van der Waals surface area (Å²) in [4.78, 5) is 17.1. The third kappa shape index (κ3) is 3.52. The van der Waals surface area contributed by atoms with Crippen LogP contribution < -0.4 is 4.90 Å². The number of benzene rings is 2. The van der Waals surface area contributed by atoms with Crippen molar-refractivity contribution in [2.24, 2.45) is 0 Å². The van der Waals surface area contributed by atoms with Gasteiger partial charge in [-0.15, -0.1) is 0 Å². The molecule has 0 aliphatic heterocycles. The summed E-state index contributed by atoms with van der Waals surface area (Å²) in [7, 11) is 5.94. The molecule has 0 unspecified atom stereocenters. The Kier molecular flexibility index (Phi) is 5.05. The topological polar surface area (TPSA) is 23.6 Å². The average molecular weight is 357 g/mol. The molecule has 0 spiro atoms. The first-order chi connectivity index (χ1) is 11.9. The summed E-state index contributed by atoms with van der Waals surface area (Å²) in [5.74, 6) is 0.192. The Bertz CT molecular complexity index is 751. The van der Waals surface area contributed by atoms with Crippen LogP contribution in [0.4, 0.5) is 5.69 Å². The zero-order valence-electron chi connectivity index (χ0n) is 15.1. The lowest BCUT2D eigenvalue weighted by molar-refractivity contribution is -0.140. The second kappa shape index (κ2) is 7.09. The molecule has 1 fully saturated rings. The summed E-state index contributed by atoms with van der Waals surface area (Å²) < 4.78 is 0. The third-order valence-electron chi connectivity index (χ3n) is 5.21. The lowest BCUT2D eigenvalue weighted by Crippen LogP contribution is -2.49. The van der Waals surface area contributed by atoms with Crippen molar-refractivity contribution in [2.45, 2.75) is 31.2 Å². The zero-order valence-corrected chi connectivity index (χ0v) is 15.9. The number of amides is 1. The molecule has 25 heavy (non-hydrogen) atoms. The Morgan fingerprint density at radius 1 is 1.08 bits per heavy atom. The average Bonchev–Trinajstić information content (AvgIpc) is 2.54. The molecule has 132 valence electrons. The molecule has 3 nitrogen and oxygen atoms in total. The highest BCUT2D eigenvalue weighted by atomic mass is 35.5. The van der Waals surface area contributed by atoms with Gasteiger partial charge < -0.3 is 9.80 Å². The summed E-state index contributed by atoms with van der Waals surface area (Å²) in [6.07, 6.45) is 2.88. The number of carbonyl (C=O) groups excluding carboxylic acids is 1. The Hall–Kier alpha value is -2.00. The van der Waals surface area contributed by atoms with Gasteiger partial charge in [-0.05, 0) is 48.2 Å². The van der Waals surface area contributed by atoms with Gasteiger partial charge in [-0.1, -0.05) is 42.3 Å². The molecule has 0 radical (unpaired) electrons. The van der Waals surface area contributed by atoms with E-state index in [1.807, 2.05) is 50.3 Å². The molecular formula is C21H25ClN2O. The quantitative estimate of drug-likeness (QED) is 0.788. The van der Waals surface area contributed by atoms with Crippen molar-refractivity contribution >= 4 is 23.2 Å². The fraction of sp³-hybridized carbons (Fsp3) is 0.381. The van der Waals surface area contributed by atoms with E-state index >= 15 is 0 Å². The van der Waals surface area contributed by atoms with E-state index in [9.17, 15) is 4.79 Å². The molecule has 1 amide bonds. The standard InChI is InChI=1S/C21H25ClN2O/c1-23(2)19-10-8-16(9-11-19)15-24(3)20(25)21(12-5-13-21)17-6-4-7-18(22)14-17/h4,6-11,14H,5,12-13,15H2,1-3H3. The van der Waals surface area contributed by atoms with Gasteiger partial charge in [-0.2, -0.15) is 0 Å². The predicted molar refractivity (Wildman–Crippen MR) is 104 cm³/mol. The van der Waals surface area contributed by atoms with Gasteiger partial charge in [0.15, 0.2) is 0 Å². The van der Waals surface area contributed by atoms with E-state index in [-0.39, 0.29) is 5.91 Å². The highest BCUT2D eigenvalue weighted by molar-refractivity contribution is 6.30. The van der Waals surface area contributed by atoms with Gasteiger partial charge in [-0.3, -0.25) is 4.79 Å². The fourth-order valence-corrected chi connectivity index (χ4v) is 3.74. The minimum absolute atomic E-state index is 0.192. The van der Waals surface area contributed by atoms with Crippen LogP contribution in [0.15, 0.2) is 48.5 Å². The maximum atomic E-state index is 13.2. The van der Waals surface area contributed by atoms with Crippen molar-refractivity contribution in [3.05, 3.63) is 64.7 Å². The number of rotatable bonds is 5. The zero-order chi connectivity index (χ0) is 18.0. The number of carbonyl (C=O) groups is 1. The summed E-state index contributed by atoms with van der Waals surface area (Å²) in [5, 5.41) is 0.693. The van der Waals surface area contributed by atoms with Gasteiger partial charge in [0.05, 0.1) is 5.41 Å². The van der Waals surface area contributed by atoms with Crippen molar-refractivity contribution < 1.29 is 4.79 Å². The van der Waals surface area contributed by atoms with Crippen molar-refractivity contribution in [3.8, 4) is 0 Å². The molecule has 1 saturated carbocycles. The number of likely N-dealkylation sites (N-methyl/N-ethyl adjacent to an activating group) is 1. The summed E-state index contributed by atoms with van der Waals surface area (Å²) in [6, 6.07) is 16.1. The summed E-state index contributed by atoms with van der Waals surface area (Å²) in [5.41, 5.74) is 2.95. The van der Waals surface area contributed by atoms with Crippen LogP contribution in [0.3, 0.4) is 0 Å². The molecule has 0 bridgehead atoms. The molecule has 1 aliphatic carbocycles. The van der Waals surface area contributed by atoms with Gasteiger partial charge in [-0.25, -0.2) is 0 Å². The lowest BCUT2D eigenvalue weighted by atomic mass is 9.63. The maximum absolute atomic E-state index is 13.2. The van der Waals surface area contributed by atoms with E-state index in [2.05, 4.69) is 29.2 Å². The van der Waals surface area contributed by atoms with Gasteiger partial charge in [0, 0.05) is 38.4 Å². The highest BCUT2D eigenvalue weighted by Crippen LogP contribution is 2.45. The van der Waals surface area contributed by atoms with Crippen molar-refractivity contribution in [3.63, 3.8) is 0 Å². The van der Waals surface area contributed by atoms with Crippen molar-refractivity contribution in [1.29, 1.82) is 0 Å². The Morgan fingerprint density at radius 3 is 2.28 bits per heavy atom. The normalized spacial score (nSPS) is 15.4. The van der Waals surface area contributed by atoms with E-state index in [1.165, 1.54) is 0 Å². The van der Waals surface area contributed by atoms with E-state index in [0.29, 0.717) is 11.6 Å². The van der Waals surface area contributed by atoms with E-state index < -0.39 is 5.41 Å². The van der Waals surface area contributed by atoms with Gasteiger partial charge in [0.1, 0.15) is 0 Å².